The van der Waals surface area contributed by atoms with E-state index in [9.17, 15) is 4.79 Å². The van der Waals surface area contributed by atoms with Crippen molar-refractivity contribution in [1.82, 2.24) is 14.8 Å². The third-order valence-electron chi connectivity index (χ3n) is 2.70. The van der Waals surface area contributed by atoms with Crippen LogP contribution in [0.15, 0.2) is 6.33 Å². The highest BCUT2D eigenvalue weighted by Gasteiger charge is 2.17. The monoisotopic (exact) mass is 224 g/mol. The second-order valence-corrected chi connectivity index (χ2v) is 3.88. The zero-order valence-electron chi connectivity index (χ0n) is 10.0. The first-order chi connectivity index (χ1) is 7.72. The predicted molar refractivity (Wildman–Crippen MR) is 61.9 cm³/mol. The van der Waals surface area contributed by atoms with Gasteiger partial charge in [-0.05, 0) is 12.8 Å². The van der Waals surface area contributed by atoms with Crippen molar-refractivity contribution in [2.24, 2.45) is 11.7 Å². The summed E-state index contributed by atoms with van der Waals surface area (Å²) in [6, 6.07) is 0. The number of hydrogen-bond donors (Lipinski definition) is 1. The maximum atomic E-state index is 11.9. The summed E-state index contributed by atoms with van der Waals surface area (Å²) in [5.41, 5.74) is 5.55. The number of hydrogen-bond acceptors (Lipinski definition) is 4. The molecule has 1 unspecified atom stereocenters. The third-order valence-corrected chi connectivity index (χ3v) is 2.70. The first-order valence-electron chi connectivity index (χ1n) is 5.82. The Morgan fingerprint density at radius 2 is 2.31 bits per heavy atom. The van der Waals surface area contributed by atoms with Crippen LogP contribution >= 0.6 is 0 Å². The van der Waals surface area contributed by atoms with Gasteiger partial charge in [-0.25, -0.2) is 9.67 Å². The molecule has 5 heteroatoms. The fraction of sp³-hybridized carbons (Fsp3) is 0.727. The lowest BCUT2D eigenvalue weighted by Crippen LogP contribution is -2.25. The predicted octanol–water partition coefficient (Wildman–Crippen LogP) is 0.785. The van der Waals surface area contributed by atoms with Crippen molar-refractivity contribution in [3.8, 4) is 0 Å². The van der Waals surface area contributed by atoms with Crippen LogP contribution in [0.5, 0.6) is 0 Å². The van der Waals surface area contributed by atoms with Crippen LogP contribution in [-0.4, -0.2) is 27.1 Å². The summed E-state index contributed by atoms with van der Waals surface area (Å²) < 4.78 is 1.79. The molecule has 1 atom stereocenters. The first-order valence-corrected chi connectivity index (χ1v) is 5.82. The summed E-state index contributed by atoms with van der Waals surface area (Å²) in [7, 11) is 0. The number of aromatic nitrogens is 3. The second-order valence-electron chi connectivity index (χ2n) is 3.88. The van der Waals surface area contributed by atoms with Crippen molar-refractivity contribution in [3.05, 3.63) is 12.2 Å². The average Bonchev–Trinajstić information content (AvgIpc) is 2.68. The molecule has 1 heterocycles. The first kappa shape index (κ1) is 12.8. The lowest BCUT2D eigenvalue weighted by Gasteiger charge is -2.10. The highest BCUT2D eigenvalue weighted by molar-refractivity contribution is 5.82. The number of ketones is 1. The SMILES string of the molecule is CCCn1ncnc1CC(=O)C(CC)CN. The zero-order chi connectivity index (χ0) is 12.0. The maximum Gasteiger partial charge on any atom is 0.144 e. The lowest BCUT2D eigenvalue weighted by atomic mass is 9.99. The Balaban J connectivity index is 2.64. The molecule has 0 spiro atoms. The van der Waals surface area contributed by atoms with E-state index in [0.717, 1.165) is 25.2 Å². The smallest absolute Gasteiger partial charge is 0.144 e. The molecule has 1 aromatic rings. The number of carbonyl (C=O) groups excluding carboxylic acids is 1. The number of nitrogens with two attached hydrogens (primary N) is 1. The largest absolute Gasteiger partial charge is 0.330 e. The van der Waals surface area contributed by atoms with Gasteiger partial charge in [0.15, 0.2) is 0 Å². The number of rotatable bonds is 7. The van der Waals surface area contributed by atoms with Gasteiger partial charge in [-0.2, -0.15) is 5.10 Å². The quantitative estimate of drug-likeness (QED) is 0.743. The Morgan fingerprint density at radius 1 is 1.56 bits per heavy atom. The molecule has 0 saturated heterocycles. The Hall–Kier alpha value is -1.23. The number of aryl methyl sites for hydroxylation is 1. The third kappa shape index (κ3) is 3.13. The fourth-order valence-corrected chi connectivity index (χ4v) is 1.65. The number of nitrogens with zero attached hydrogens (tertiary/aromatic N) is 3. The van der Waals surface area contributed by atoms with Crippen molar-refractivity contribution in [3.63, 3.8) is 0 Å². The van der Waals surface area contributed by atoms with Gasteiger partial charge in [-0.15, -0.1) is 0 Å². The molecule has 90 valence electrons. The Morgan fingerprint density at radius 3 is 2.88 bits per heavy atom. The van der Waals surface area contributed by atoms with Crippen LogP contribution in [0, 0.1) is 5.92 Å². The molecule has 2 N–H and O–H groups in total. The minimum Gasteiger partial charge on any atom is -0.330 e. The summed E-state index contributed by atoms with van der Waals surface area (Å²) in [4.78, 5) is 16.0. The fourth-order valence-electron chi connectivity index (χ4n) is 1.65. The minimum atomic E-state index is -0.0493. The molecule has 1 rings (SSSR count). The van der Waals surface area contributed by atoms with E-state index in [-0.39, 0.29) is 11.7 Å². The molecule has 5 nitrogen and oxygen atoms in total. The second kappa shape index (κ2) is 6.37. The molecule has 0 radical (unpaired) electrons. The van der Waals surface area contributed by atoms with E-state index in [4.69, 9.17) is 5.73 Å². The van der Waals surface area contributed by atoms with Gasteiger partial charge >= 0.3 is 0 Å². The Kier molecular flexibility index (Phi) is 5.11. The molecule has 0 aliphatic rings. The standard InChI is InChI=1S/C11H20N4O/c1-3-5-15-11(13-8-14-15)6-10(16)9(4-2)7-12/h8-9H,3-7,12H2,1-2H3. The van der Waals surface area contributed by atoms with E-state index in [1.54, 1.807) is 4.68 Å². The van der Waals surface area contributed by atoms with E-state index >= 15 is 0 Å². The average molecular weight is 224 g/mol. The highest BCUT2D eigenvalue weighted by atomic mass is 16.1. The van der Waals surface area contributed by atoms with Crippen molar-refractivity contribution in [1.29, 1.82) is 0 Å². The van der Waals surface area contributed by atoms with Gasteiger partial charge in [-0.1, -0.05) is 13.8 Å². The van der Waals surface area contributed by atoms with Crippen LogP contribution in [-0.2, 0) is 17.8 Å². The van der Waals surface area contributed by atoms with E-state index in [1.807, 2.05) is 6.92 Å². The molecule has 0 saturated carbocycles. The summed E-state index contributed by atoms with van der Waals surface area (Å²) >= 11 is 0. The van der Waals surface area contributed by atoms with E-state index < -0.39 is 0 Å². The number of carbonyl (C=O) groups is 1. The molecule has 0 fully saturated rings. The van der Waals surface area contributed by atoms with Crippen molar-refractivity contribution in [2.75, 3.05) is 6.54 Å². The zero-order valence-corrected chi connectivity index (χ0v) is 10.0. The summed E-state index contributed by atoms with van der Waals surface area (Å²) in [6.45, 7) is 5.27. The van der Waals surface area contributed by atoms with Gasteiger partial charge < -0.3 is 5.73 Å². The van der Waals surface area contributed by atoms with E-state index in [0.29, 0.717) is 13.0 Å². The molecule has 0 aromatic carbocycles. The van der Waals surface area contributed by atoms with Crippen LogP contribution in [0.4, 0.5) is 0 Å². The van der Waals surface area contributed by atoms with Crippen LogP contribution in [0.3, 0.4) is 0 Å². The van der Waals surface area contributed by atoms with Gasteiger partial charge in [0.25, 0.3) is 0 Å². The Labute approximate surface area is 96.0 Å². The molecule has 16 heavy (non-hydrogen) atoms. The Bertz CT molecular complexity index is 330. The summed E-state index contributed by atoms with van der Waals surface area (Å²) in [6.07, 6.45) is 3.62. The highest BCUT2D eigenvalue weighted by Crippen LogP contribution is 2.07. The van der Waals surface area contributed by atoms with Crippen molar-refractivity contribution in [2.45, 2.75) is 39.7 Å². The summed E-state index contributed by atoms with van der Waals surface area (Å²) in [5.74, 6) is 0.862. The van der Waals surface area contributed by atoms with Crippen molar-refractivity contribution < 1.29 is 4.79 Å². The van der Waals surface area contributed by atoms with Gasteiger partial charge in [0, 0.05) is 19.0 Å². The minimum absolute atomic E-state index is 0.0493. The molecule has 0 aliphatic heterocycles. The van der Waals surface area contributed by atoms with Gasteiger partial charge in [0.1, 0.15) is 17.9 Å². The van der Waals surface area contributed by atoms with Gasteiger partial charge in [-0.3, -0.25) is 4.79 Å². The van der Waals surface area contributed by atoms with E-state index in [2.05, 4.69) is 17.0 Å². The molecule has 0 bridgehead atoms. The van der Waals surface area contributed by atoms with Crippen LogP contribution in [0.2, 0.25) is 0 Å². The molecule has 0 amide bonds. The lowest BCUT2D eigenvalue weighted by molar-refractivity contribution is -0.122. The molecule has 1 aromatic heterocycles. The topological polar surface area (TPSA) is 73.8 Å². The van der Waals surface area contributed by atoms with Crippen LogP contribution < -0.4 is 5.73 Å². The van der Waals surface area contributed by atoms with Crippen molar-refractivity contribution >= 4 is 5.78 Å². The molecule has 0 aliphatic carbocycles. The number of Topliss-reactive ketones (excluding diaryl/α,β-unsaturated/α-hetero) is 1. The molecular formula is C11H20N4O. The van der Waals surface area contributed by atoms with Crippen LogP contribution in [0.25, 0.3) is 0 Å². The maximum absolute atomic E-state index is 11.9. The summed E-state index contributed by atoms with van der Waals surface area (Å²) in [5, 5.41) is 4.09. The van der Waals surface area contributed by atoms with Gasteiger partial charge in [0.2, 0.25) is 0 Å². The van der Waals surface area contributed by atoms with Crippen LogP contribution in [0.1, 0.15) is 32.5 Å². The van der Waals surface area contributed by atoms with E-state index in [1.165, 1.54) is 6.33 Å². The molecular weight excluding hydrogens is 204 g/mol. The normalized spacial score (nSPS) is 12.7. The van der Waals surface area contributed by atoms with Gasteiger partial charge in [0.05, 0.1) is 6.42 Å².